The molecule has 96 valence electrons. The third kappa shape index (κ3) is 13.4. The van der Waals surface area contributed by atoms with Crippen molar-refractivity contribution in [2.24, 2.45) is 5.34 Å². The van der Waals surface area contributed by atoms with Gasteiger partial charge in [-0.2, -0.15) is 0 Å². The molecule has 0 unspecified atom stereocenters. The van der Waals surface area contributed by atoms with Crippen LogP contribution in [0.15, 0.2) is 5.34 Å². The van der Waals surface area contributed by atoms with Gasteiger partial charge in [-0.05, 0) is 6.42 Å². The summed E-state index contributed by atoms with van der Waals surface area (Å²) in [5, 5.41) is 2.29. The topological polar surface area (TPSA) is 47.9 Å². The SMILES string of the molecule is CCCCCCCCCCOCCON=O. The Morgan fingerprint density at radius 1 is 0.812 bits per heavy atom. The average molecular weight is 231 g/mol. The van der Waals surface area contributed by atoms with Crippen LogP contribution in [0.3, 0.4) is 0 Å². The molecule has 0 spiro atoms. The molecule has 0 radical (unpaired) electrons. The van der Waals surface area contributed by atoms with Gasteiger partial charge in [-0.1, -0.05) is 51.9 Å². The monoisotopic (exact) mass is 231 g/mol. The minimum atomic E-state index is 0.264. The van der Waals surface area contributed by atoms with Crippen LogP contribution in [0.1, 0.15) is 58.3 Å². The summed E-state index contributed by atoms with van der Waals surface area (Å²) in [6.45, 7) is 3.72. The van der Waals surface area contributed by atoms with E-state index in [0.717, 1.165) is 13.0 Å². The van der Waals surface area contributed by atoms with E-state index in [1.807, 2.05) is 0 Å². The van der Waals surface area contributed by atoms with Crippen molar-refractivity contribution < 1.29 is 9.57 Å². The lowest BCUT2D eigenvalue weighted by Crippen LogP contribution is -2.02. The molecule has 0 aliphatic carbocycles. The molecule has 0 aromatic carbocycles. The Labute approximate surface area is 98.6 Å². The molecular formula is C12H25NO3. The second kappa shape index (κ2) is 14.4. The van der Waals surface area contributed by atoms with E-state index in [9.17, 15) is 4.91 Å². The molecule has 0 aromatic rings. The van der Waals surface area contributed by atoms with Crippen LogP contribution in [-0.4, -0.2) is 19.8 Å². The predicted octanol–water partition coefficient (Wildman–Crippen LogP) is 3.84. The molecule has 4 heteroatoms. The molecule has 0 atom stereocenters. The summed E-state index contributed by atoms with van der Waals surface area (Å²) in [4.78, 5) is 13.8. The standard InChI is InChI=1S/C12H25NO3/c1-2-3-4-5-6-7-8-9-10-15-11-12-16-13-14/h2-12H2,1H3. The van der Waals surface area contributed by atoms with E-state index in [0.29, 0.717) is 6.61 Å². The van der Waals surface area contributed by atoms with Crippen LogP contribution in [0.5, 0.6) is 0 Å². The Balaban J connectivity index is 2.85. The van der Waals surface area contributed by atoms with Gasteiger partial charge in [-0.3, -0.25) is 0 Å². The van der Waals surface area contributed by atoms with Crippen molar-refractivity contribution in [3.05, 3.63) is 4.91 Å². The molecule has 0 heterocycles. The van der Waals surface area contributed by atoms with Crippen LogP contribution in [0, 0.1) is 4.91 Å². The Morgan fingerprint density at radius 3 is 2.06 bits per heavy atom. The van der Waals surface area contributed by atoms with E-state index in [2.05, 4.69) is 17.1 Å². The van der Waals surface area contributed by atoms with Crippen LogP contribution >= 0.6 is 0 Å². The molecule has 0 aliphatic rings. The van der Waals surface area contributed by atoms with Gasteiger partial charge in [0, 0.05) is 6.61 Å². The maximum absolute atomic E-state index is 9.56. The van der Waals surface area contributed by atoms with Crippen molar-refractivity contribution in [3.63, 3.8) is 0 Å². The molecule has 4 nitrogen and oxygen atoms in total. The van der Waals surface area contributed by atoms with E-state index >= 15 is 0 Å². The molecule has 0 bridgehead atoms. The molecule has 16 heavy (non-hydrogen) atoms. The van der Waals surface area contributed by atoms with E-state index in [1.165, 1.54) is 44.9 Å². The Bertz CT molecular complexity index is 142. The maximum atomic E-state index is 9.56. The second-order valence-corrected chi connectivity index (χ2v) is 4.00. The normalized spacial score (nSPS) is 10.3. The average Bonchev–Trinajstić information content (AvgIpc) is 2.31. The van der Waals surface area contributed by atoms with Gasteiger partial charge in [0.2, 0.25) is 0 Å². The highest BCUT2D eigenvalue weighted by Crippen LogP contribution is 2.08. The van der Waals surface area contributed by atoms with Gasteiger partial charge in [0.25, 0.3) is 0 Å². The first-order valence-electron chi connectivity index (χ1n) is 6.44. The highest BCUT2D eigenvalue weighted by Gasteiger charge is 1.92. The molecular weight excluding hydrogens is 206 g/mol. The van der Waals surface area contributed by atoms with Crippen LogP contribution in [0.4, 0.5) is 0 Å². The Hall–Kier alpha value is -0.640. The summed E-state index contributed by atoms with van der Waals surface area (Å²) >= 11 is 0. The molecule has 0 aliphatic heterocycles. The zero-order valence-corrected chi connectivity index (χ0v) is 10.5. The van der Waals surface area contributed by atoms with Gasteiger partial charge in [-0.25, -0.2) is 0 Å². The van der Waals surface area contributed by atoms with Crippen LogP contribution < -0.4 is 0 Å². The minimum Gasteiger partial charge on any atom is -0.378 e. The highest BCUT2D eigenvalue weighted by atomic mass is 16.7. The first-order chi connectivity index (χ1) is 7.91. The van der Waals surface area contributed by atoms with Crippen molar-refractivity contribution in [3.8, 4) is 0 Å². The third-order valence-corrected chi connectivity index (χ3v) is 2.51. The number of ether oxygens (including phenoxy) is 1. The minimum absolute atomic E-state index is 0.264. The van der Waals surface area contributed by atoms with Crippen molar-refractivity contribution >= 4 is 0 Å². The summed E-state index contributed by atoms with van der Waals surface area (Å²) in [5.41, 5.74) is 0. The smallest absolute Gasteiger partial charge is 0.155 e. The largest absolute Gasteiger partial charge is 0.378 e. The summed E-state index contributed by atoms with van der Waals surface area (Å²) < 4.78 is 5.26. The lowest BCUT2D eigenvalue weighted by molar-refractivity contribution is 0.0472. The van der Waals surface area contributed by atoms with Gasteiger partial charge in [0.05, 0.1) is 6.61 Å². The number of nitrogens with zero attached hydrogens (tertiary/aromatic N) is 1. The number of hydrogen-bond acceptors (Lipinski definition) is 4. The summed E-state index contributed by atoms with van der Waals surface area (Å²) in [7, 11) is 0. The summed E-state index contributed by atoms with van der Waals surface area (Å²) in [6, 6.07) is 0. The van der Waals surface area contributed by atoms with E-state index in [1.54, 1.807) is 0 Å². The van der Waals surface area contributed by atoms with Gasteiger partial charge < -0.3 is 9.57 Å². The van der Waals surface area contributed by atoms with Gasteiger partial charge in [-0.15, -0.1) is 4.91 Å². The summed E-state index contributed by atoms with van der Waals surface area (Å²) in [6.07, 6.45) is 10.4. The molecule has 0 amide bonds. The quantitative estimate of drug-likeness (QED) is 0.275. The van der Waals surface area contributed by atoms with Crippen LogP contribution in [0.25, 0.3) is 0 Å². The number of rotatable bonds is 13. The van der Waals surface area contributed by atoms with E-state index < -0.39 is 0 Å². The lowest BCUT2D eigenvalue weighted by Gasteiger charge is -2.03. The zero-order valence-electron chi connectivity index (χ0n) is 10.5. The lowest BCUT2D eigenvalue weighted by atomic mass is 10.1. The maximum Gasteiger partial charge on any atom is 0.155 e. The molecule has 0 aromatic heterocycles. The number of hydrogen-bond donors (Lipinski definition) is 0. The van der Waals surface area contributed by atoms with Crippen molar-refractivity contribution in [1.29, 1.82) is 0 Å². The van der Waals surface area contributed by atoms with Crippen molar-refractivity contribution in [1.82, 2.24) is 0 Å². The zero-order chi connectivity index (χ0) is 11.9. The molecule has 0 rings (SSSR count). The fourth-order valence-corrected chi connectivity index (χ4v) is 1.57. The molecule has 0 fully saturated rings. The highest BCUT2D eigenvalue weighted by molar-refractivity contribution is 4.45. The Morgan fingerprint density at radius 2 is 1.44 bits per heavy atom. The van der Waals surface area contributed by atoms with E-state index in [4.69, 9.17) is 4.74 Å². The second-order valence-electron chi connectivity index (χ2n) is 4.00. The summed E-state index contributed by atoms with van der Waals surface area (Å²) in [5.74, 6) is 0. The van der Waals surface area contributed by atoms with Crippen LogP contribution in [-0.2, 0) is 9.57 Å². The molecule has 0 N–H and O–H groups in total. The fraction of sp³-hybridized carbons (Fsp3) is 1.00. The van der Waals surface area contributed by atoms with Gasteiger partial charge in [0.1, 0.15) is 6.61 Å². The van der Waals surface area contributed by atoms with Crippen molar-refractivity contribution in [2.45, 2.75) is 58.3 Å². The molecule has 0 saturated carbocycles. The fourth-order valence-electron chi connectivity index (χ4n) is 1.57. The van der Waals surface area contributed by atoms with Gasteiger partial charge >= 0.3 is 0 Å². The Kier molecular flexibility index (Phi) is 13.8. The third-order valence-electron chi connectivity index (χ3n) is 2.51. The van der Waals surface area contributed by atoms with E-state index in [-0.39, 0.29) is 6.61 Å². The number of unbranched alkanes of at least 4 members (excludes halogenated alkanes) is 7. The molecule has 0 saturated heterocycles. The van der Waals surface area contributed by atoms with Crippen LogP contribution in [0.2, 0.25) is 0 Å². The van der Waals surface area contributed by atoms with Gasteiger partial charge in [0.15, 0.2) is 5.34 Å². The predicted molar refractivity (Wildman–Crippen MR) is 65.2 cm³/mol. The van der Waals surface area contributed by atoms with Crippen molar-refractivity contribution in [2.75, 3.05) is 19.8 Å². The first kappa shape index (κ1) is 15.4. The first-order valence-corrected chi connectivity index (χ1v) is 6.44.